The van der Waals surface area contributed by atoms with Gasteiger partial charge in [-0.15, -0.1) is 0 Å². The SMILES string of the molecule is CC1=NN(c2ccccc2)C(=O)C1C(c1ccc(Cl)cc1)C(C#N)C#N. The number of hydrogen-bond acceptors (Lipinski definition) is 4. The molecule has 6 heteroatoms. The molecule has 2 aromatic carbocycles. The number of carbonyl (C=O) groups excluding carboxylic acids is 1. The minimum absolute atomic E-state index is 0.246. The molecule has 1 amide bonds. The normalized spacial score (nSPS) is 17.6. The van der Waals surface area contributed by atoms with Gasteiger partial charge in [0.05, 0.1) is 23.7 Å². The summed E-state index contributed by atoms with van der Waals surface area (Å²) < 4.78 is 0. The summed E-state index contributed by atoms with van der Waals surface area (Å²) >= 11 is 5.95. The highest BCUT2D eigenvalue weighted by Crippen LogP contribution is 2.38. The van der Waals surface area contributed by atoms with Crippen LogP contribution in [0.3, 0.4) is 0 Å². The van der Waals surface area contributed by atoms with E-state index in [1.165, 1.54) is 5.01 Å². The van der Waals surface area contributed by atoms with Crippen molar-refractivity contribution in [1.82, 2.24) is 0 Å². The van der Waals surface area contributed by atoms with E-state index < -0.39 is 17.8 Å². The maximum atomic E-state index is 13.1. The molecule has 0 spiro atoms. The zero-order chi connectivity index (χ0) is 18.7. The fourth-order valence-electron chi connectivity index (χ4n) is 3.20. The molecule has 0 saturated carbocycles. The molecule has 2 unspecified atom stereocenters. The summed E-state index contributed by atoms with van der Waals surface area (Å²) in [4.78, 5) is 13.1. The third-order valence-corrected chi connectivity index (χ3v) is 4.69. The topological polar surface area (TPSA) is 80.2 Å². The van der Waals surface area contributed by atoms with Gasteiger partial charge in [-0.25, -0.2) is 5.01 Å². The van der Waals surface area contributed by atoms with E-state index >= 15 is 0 Å². The number of anilines is 1. The van der Waals surface area contributed by atoms with Gasteiger partial charge in [-0.1, -0.05) is 41.9 Å². The molecule has 0 aromatic heterocycles. The molecule has 1 aliphatic rings. The predicted octanol–water partition coefficient (Wildman–Crippen LogP) is 4.13. The number of para-hydroxylation sites is 1. The van der Waals surface area contributed by atoms with Crippen molar-refractivity contribution in [2.75, 3.05) is 5.01 Å². The van der Waals surface area contributed by atoms with E-state index in [0.717, 1.165) is 0 Å². The van der Waals surface area contributed by atoms with Gasteiger partial charge in [0.15, 0.2) is 0 Å². The van der Waals surface area contributed by atoms with Crippen LogP contribution in [0.4, 0.5) is 5.69 Å². The monoisotopic (exact) mass is 362 g/mol. The largest absolute Gasteiger partial charge is 0.272 e. The Bertz CT molecular complexity index is 911. The van der Waals surface area contributed by atoms with Gasteiger partial charge in [0, 0.05) is 16.7 Å². The molecule has 0 fully saturated rings. The molecule has 0 saturated heterocycles. The van der Waals surface area contributed by atoms with Gasteiger partial charge in [-0.2, -0.15) is 15.6 Å². The van der Waals surface area contributed by atoms with Gasteiger partial charge in [0.2, 0.25) is 0 Å². The zero-order valence-electron chi connectivity index (χ0n) is 14.0. The molecular formula is C20H15ClN4O. The van der Waals surface area contributed by atoms with Crippen molar-refractivity contribution in [3.8, 4) is 12.1 Å². The Balaban J connectivity index is 2.04. The van der Waals surface area contributed by atoms with Crippen LogP contribution in [0, 0.1) is 34.5 Å². The maximum absolute atomic E-state index is 13.1. The van der Waals surface area contributed by atoms with Crippen LogP contribution < -0.4 is 5.01 Å². The van der Waals surface area contributed by atoms with E-state index in [4.69, 9.17) is 11.6 Å². The number of nitriles is 2. The van der Waals surface area contributed by atoms with Crippen LogP contribution in [-0.2, 0) is 4.79 Å². The molecule has 0 N–H and O–H groups in total. The Morgan fingerprint density at radius 2 is 1.69 bits per heavy atom. The minimum atomic E-state index is -0.981. The molecule has 0 aliphatic carbocycles. The highest BCUT2D eigenvalue weighted by Gasteiger charge is 2.44. The van der Waals surface area contributed by atoms with Crippen LogP contribution in [0.2, 0.25) is 5.02 Å². The lowest BCUT2D eigenvalue weighted by molar-refractivity contribution is -0.120. The van der Waals surface area contributed by atoms with Crippen molar-refractivity contribution < 1.29 is 4.79 Å². The molecule has 5 nitrogen and oxygen atoms in total. The molecule has 2 aromatic rings. The van der Waals surface area contributed by atoms with Crippen LogP contribution in [0.1, 0.15) is 18.4 Å². The van der Waals surface area contributed by atoms with Crippen molar-refractivity contribution in [1.29, 1.82) is 10.5 Å². The van der Waals surface area contributed by atoms with Crippen LogP contribution in [0.25, 0.3) is 0 Å². The highest BCUT2D eigenvalue weighted by atomic mass is 35.5. The number of amides is 1. The molecular weight excluding hydrogens is 348 g/mol. The lowest BCUT2D eigenvalue weighted by Crippen LogP contribution is -2.34. The summed E-state index contributed by atoms with van der Waals surface area (Å²) in [6.45, 7) is 1.75. The Kier molecular flexibility index (Phi) is 5.02. The van der Waals surface area contributed by atoms with Crippen molar-refractivity contribution in [2.24, 2.45) is 16.9 Å². The Morgan fingerprint density at radius 1 is 1.08 bits per heavy atom. The van der Waals surface area contributed by atoms with Gasteiger partial charge in [-0.3, -0.25) is 4.79 Å². The van der Waals surface area contributed by atoms with Crippen molar-refractivity contribution in [3.63, 3.8) is 0 Å². The third-order valence-electron chi connectivity index (χ3n) is 4.43. The van der Waals surface area contributed by atoms with Gasteiger partial charge in [0.25, 0.3) is 5.91 Å². The average molecular weight is 363 g/mol. The smallest absolute Gasteiger partial charge is 0.256 e. The van der Waals surface area contributed by atoms with Gasteiger partial charge < -0.3 is 0 Å². The predicted molar refractivity (Wildman–Crippen MR) is 99.4 cm³/mol. The number of hydrazone groups is 1. The molecule has 3 rings (SSSR count). The molecule has 1 aliphatic heterocycles. The Morgan fingerprint density at radius 3 is 2.27 bits per heavy atom. The van der Waals surface area contributed by atoms with Gasteiger partial charge in [0.1, 0.15) is 5.92 Å². The van der Waals surface area contributed by atoms with E-state index in [9.17, 15) is 15.3 Å². The molecule has 128 valence electrons. The maximum Gasteiger partial charge on any atom is 0.256 e. The van der Waals surface area contributed by atoms with Gasteiger partial charge >= 0.3 is 0 Å². The number of hydrogen-bond donors (Lipinski definition) is 0. The number of benzene rings is 2. The summed E-state index contributed by atoms with van der Waals surface area (Å²) in [6, 6.07) is 20.0. The highest BCUT2D eigenvalue weighted by molar-refractivity contribution is 6.30. The lowest BCUT2D eigenvalue weighted by atomic mass is 9.76. The van der Waals surface area contributed by atoms with Gasteiger partial charge in [-0.05, 0) is 36.8 Å². The first-order valence-electron chi connectivity index (χ1n) is 8.05. The summed E-state index contributed by atoms with van der Waals surface area (Å²) in [6.07, 6.45) is 0. The summed E-state index contributed by atoms with van der Waals surface area (Å²) in [5, 5.41) is 25.2. The third kappa shape index (κ3) is 3.18. The number of rotatable bonds is 4. The average Bonchev–Trinajstić information content (AvgIpc) is 2.96. The van der Waals surface area contributed by atoms with E-state index in [0.29, 0.717) is 22.0 Å². The fourth-order valence-corrected chi connectivity index (χ4v) is 3.33. The molecule has 0 radical (unpaired) electrons. The summed E-state index contributed by atoms with van der Waals surface area (Å²) in [5.41, 5.74) is 1.94. The van der Waals surface area contributed by atoms with Crippen molar-refractivity contribution in [3.05, 3.63) is 65.2 Å². The minimum Gasteiger partial charge on any atom is -0.272 e. The summed E-state index contributed by atoms with van der Waals surface area (Å²) in [5.74, 6) is -2.52. The summed E-state index contributed by atoms with van der Waals surface area (Å²) in [7, 11) is 0. The molecule has 26 heavy (non-hydrogen) atoms. The molecule has 0 bridgehead atoms. The van der Waals surface area contributed by atoms with Crippen LogP contribution in [0.15, 0.2) is 59.7 Å². The standard InChI is InChI=1S/C20H15ClN4O/c1-13-18(20(26)25(24-13)17-5-3-2-4-6-17)19(15(11-22)12-23)14-7-9-16(21)10-8-14/h2-10,15,18-19H,1H3. The van der Waals surface area contributed by atoms with Crippen LogP contribution in [-0.4, -0.2) is 11.6 Å². The van der Waals surface area contributed by atoms with Crippen LogP contribution in [0.5, 0.6) is 0 Å². The second kappa shape index (κ2) is 7.39. The van der Waals surface area contributed by atoms with Crippen LogP contribution >= 0.6 is 11.6 Å². The Hall–Kier alpha value is -3.15. The zero-order valence-corrected chi connectivity index (χ0v) is 14.8. The van der Waals surface area contributed by atoms with E-state index in [-0.39, 0.29) is 5.91 Å². The molecule has 2 atom stereocenters. The second-order valence-electron chi connectivity index (χ2n) is 6.02. The number of halogens is 1. The number of carbonyl (C=O) groups is 1. The first-order valence-corrected chi connectivity index (χ1v) is 8.43. The van der Waals surface area contributed by atoms with E-state index in [1.54, 1.807) is 43.3 Å². The number of nitrogens with zero attached hydrogens (tertiary/aromatic N) is 4. The molecule has 1 heterocycles. The first kappa shape index (κ1) is 17.7. The lowest BCUT2D eigenvalue weighted by Gasteiger charge is -2.24. The van der Waals surface area contributed by atoms with Crippen molar-refractivity contribution in [2.45, 2.75) is 12.8 Å². The Labute approximate surface area is 156 Å². The fraction of sp³-hybridized carbons (Fsp3) is 0.200. The quantitative estimate of drug-likeness (QED) is 0.820. The first-order chi connectivity index (χ1) is 12.6. The van der Waals surface area contributed by atoms with Crippen molar-refractivity contribution >= 4 is 28.9 Å². The van der Waals surface area contributed by atoms with E-state index in [2.05, 4.69) is 5.10 Å². The second-order valence-corrected chi connectivity index (χ2v) is 6.45. The van der Waals surface area contributed by atoms with E-state index in [1.807, 2.05) is 30.3 Å².